The van der Waals surface area contributed by atoms with Crippen molar-refractivity contribution in [1.29, 1.82) is 0 Å². The number of ether oxygens (including phenoxy) is 1. The zero-order valence-corrected chi connectivity index (χ0v) is 14.8. The van der Waals surface area contributed by atoms with Gasteiger partial charge in [0, 0.05) is 17.3 Å². The van der Waals surface area contributed by atoms with Crippen LogP contribution in [0.15, 0.2) is 48.5 Å². The predicted octanol–water partition coefficient (Wildman–Crippen LogP) is 5.09. The highest BCUT2D eigenvalue weighted by molar-refractivity contribution is 6.30. The molecule has 4 nitrogen and oxygen atoms in total. The van der Waals surface area contributed by atoms with Crippen LogP contribution in [0, 0.1) is 5.92 Å². The van der Waals surface area contributed by atoms with Crippen molar-refractivity contribution in [2.45, 2.75) is 26.9 Å². The second kappa shape index (κ2) is 9.18. The van der Waals surface area contributed by atoms with Crippen LogP contribution in [-0.2, 0) is 6.61 Å². The van der Waals surface area contributed by atoms with Gasteiger partial charge in [0.1, 0.15) is 12.4 Å². The summed E-state index contributed by atoms with van der Waals surface area (Å²) in [6, 6.07) is 14.7. The minimum absolute atomic E-state index is 0.189. The fourth-order valence-corrected chi connectivity index (χ4v) is 2.16. The van der Waals surface area contributed by atoms with Gasteiger partial charge in [-0.1, -0.05) is 37.6 Å². The molecular formula is C19H23ClN2O2. The number of hydrogen-bond donors (Lipinski definition) is 2. The predicted molar refractivity (Wildman–Crippen MR) is 98.7 cm³/mol. The fraction of sp³-hybridized carbons (Fsp3) is 0.316. The van der Waals surface area contributed by atoms with Crippen LogP contribution in [0.3, 0.4) is 0 Å². The molecule has 0 bridgehead atoms. The van der Waals surface area contributed by atoms with Gasteiger partial charge in [-0.25, -0.2) is 4.79 Å². The number of carbonyl (C=O) groups is 1. The number of rotatable bonds is 7. The Labute approximate surface area is 148 Å². The van der Waals surface area contributed by atoms with E-state index in [1.54, 1.807) is 0 Å². The number of anilines is 1. The second-order valence-corrected chi connectivity index (χ2v) is 6.44. The van der Waals surface area contributed by atoms with Crippen molar-refractivity contribution in [3.05, 3.63) is 59.1 Å². The Kier molecular flexibility index (Phi) is 6.94. The van der Waals surface area contributed by atoms with Gasteiger partial charge >= 0.3 is 6.03 Å². The van der Waals surface area contributed by atoms with Gasteiger partial charge in [-0.15, -0.1) is 0 Å². The Hall–Kier alpha value is -2.20. The van der Waals surface area contributed by atoms with E-state index in [1.165, 1.54) is 0 Å². The van der Waals surface area contributed by atoms with Crippen molar-refractivity contribution >= 4 is 23.3 Å². The van der Waals surface area contributed by atoms with Crippen LogP contribution in [-0.4, -0.2) is 12.6 Å². The first kappa shape index (κ1) is 18.1. The molecule has 0 atom stereocenters. The van der Waals surface area contributed by atoms with Crippen LogP contribution < -0.4 is 15.4 Å². The summed E-state index contributed by atoms with van der Waals surface area (Å²) >= 11 is 5.85. The standard InChI is InChI=1S/C19H23ClN2O2/c1-14(2)11-12-21-19(23)22-17-7-9-18(10-8-17)24-13-15-3-5-16(20)6-4-15/h3-10,14H,11-13H2,1-2H3,(H2,21,22,23). The van der Waals surface area contributed by atoms with Gasteiger partial charge < -0.3 is 15.4 Å². The summed E-state index contributed by atoms with van der Waals surface area (Å²) in [5.41, 5.74) is 1.78. The first-order chi connectivity index (χ1) is 11.5. The van der Waals surface area contributed by atoms with Gasteiger partial charge in [0.05, 0.1) is 0 Å². The summed E-state index contributed by atoms with van der Waals surface area (Å²) in [4.78, 5) is 11.8. The highest BCUT2D eigenvalue weighted by atomic mass is 35.5. The van der Waals surface area contributed by atoms with Crippen LogP contribution in [0.4, 0.5) is 10.5 Å². The van der Waals surface area contributed by atoms with Crippen molar-refractivity contribution in [2.24, 2.45) is 5.92 Å². The molecule has 2 aromatic carbocycles. The molecular weight excluding hydrogens is 324 g/mol. The van der Waals surface area contributed by atoms with Crippen molar-refractivity contribution in [3.63, 3.8) is 0 Å². The third-order valence-corrected chi connectivity index (χ3v) is 3.69. The second-order valence-electron chi connectivity index (χ2n) is 6.00. The zero-order chi connectivity index (χ0) is 17.4. The molecule has 0 radical (unpaired) electrons. The van der Waals surface area contributed by atoms with Gasteiger partial charge in [-0.05, 0) is 54.3 Å². The van der Waals surface area contributed by atoms with Gasteiger partial charge in [0.25, 0.3) is 0 Å². The lowest BCUT2D eigenvalue weighted by Crippen LogP contribution is -2.30. The Morgan fingerprint density at radius 1 is 1.08 bits per heavy atom. The van der Waals surface area contributed by atoms with Crippen molar-refractivity contribution in [1.82, 2.24) is 5.32 Å². The molecule has 0 heterocycles. The zero-order valence-electron chi connectivity index (χ0n) is 14.0. The average molecular weight is 347 g/mol. The first-order valence-corrected chi connectivity index (χ1v) is 8.43. The molecule has 2 rings (SSSR count). The number of carbonyl (C=O) groups excluding carboxylic acids is 1. The molecule has 128 valence electrons. The SMILES string of the molecule is CC(C)CCNC(=O)Nc1ccc(OCc2ccc(Cl)cc2)cc1. The van der Waals surface area contributed by atoms with E-state index in [0.29, 0.717) is 24.1 Å². The number of hydrogen-bond acceptors (Lipinski definition) is 2. The molecule has 0 unspecified atom stereocenters. The molecule has 0 aliphatic carbocycles. The van der Waals surface area contributed by atoms with E-state index >= 15 is 0 Å². The van der Waals surface area contributed by atoms with Crippen molar-refractivity contribution in [3.8, 4) is 5.75 Å². The van der Waals surface area contributed by atoms with E-state index in [2.05, 4.69) is 24.5 Å². The summed E-state index contributed by atoms with van der Waals surface area (Å²) in [5.74, 6) is 1.32. The van der Waals surface area contributed by atoms with Crippen LogP contribution in [0.25, 0.3) is 0 Å². The van der Waals surface area contributed by atoms with Gasteiger partial charge in [0.2, 0.25) is 0 Å². The summed E-state index contributed by atoms with van der Waals surface area (Å²) < 4.78 is 5.71. The minimum Gasteiger partial charge on any atom is -0.489 e. The summed E-state index contributed by atoms with van der Waals surface area (Å²) in [7, 11) is 0. The largest absolute Gasteiger partial charge is 0.489 e. The molecule has 0 saturated heterocycles. The highest BCUT2D eigenvalue weighted by Crippen LogP contribution is 2.18. The molecule has 0 aliphatic heterocycles. The molecule has 5 heteroatoms. The maximum absolute atomic E-state index is 11.8. The Morgan fingerprint density at radius 3 is 2.38 bits per heavy atom. The molecule has 0 fully saturated rings. The lowest BCUT2D eigenvalue weighted by atomic mass is 10.1. The van der Waals surface area contributed by atoms with Crippen LogP contribution in [0.1, 0.15) is 25.8 Å². The van der Waals surface area contributed by atoms with E-state index in [4.69, 9.17) is 16.3 Å². The van der Waals surface area contributed by atoms with E-state index in [1.807, 2.05) is 48.5 Å². The van der Waals surface area contributed by atoms with Gasteiger partial charge in [-0.2, -0.15) is 0 Å². The number of nitrogens with one attached hydrogen (secondary N) is 2. The molecule has 0 spiro atoms. The molecule has 2 N–H and O–H groups in total. The molecule has 0 aliphatic rings. The molecule has 2 amide bonds. The lowest BCUT2D eigenvalue weighted by Gasteiger charge is -2.10. The van der Waals surface area contributed by atoms with E-state index in [9.17, 15) is 4.79 Å². The normalized spacial score (nSPS) is 10.5. The third kappa shape index (κ3) is 6.50. The van der Waals surface area contributed by atoms with E-state index in [-0.39, 0.29) is 6.03 Å². The van der Waals surface area contributed by atoms with E-state index in [0.717, 1.165) is 23.4 Å². The Bertz CT molecular complexity index is 639. The van der Waals surface area contributed by atoms with Crippen LogP contribution in [0.2, 0.25) is 5.02 Å². The number of benzene rings is 2. The summed E-state index contributed by atoms with van der Waals surface area (Å²) in [6.45, 7) is 5.40. The maximum Gasteiger partial charge on any atom is 0.319 e. The monoisotopic (exact) mass is 346 g/mol. The van der Waals surface area contributed by atoms with Crippen LogP contribution in [0.5, 0.6) is 5.75 Å². The van der Waals surface area contributed by atoms with Gasteiger partial charge in [-0.3, -0.25) is 0 Å². The van der Waals surface area contributed by atoms with Crippen molar-refractivity contribution in [2.75, 3.05) is 11.9 Å². The number of amides is 2. The smallest absolute Gasteiger partial charge is 0.319 e. The number of urea groups is 1. The fourth-order valence-electron chi connectivity index (χ4n) is 2.03. The van der Waals surface area contributed by atoms with Crippen molar-refractivity contribution < 1.29 is 9.53 Å². The molecule has 0 aromatic heterocycles. The molecule has 24 heavy (non-hydrogen) atoms. The van der Waals surface area contributed by atoms with E-state index < -0.39 is 0 Å². The summed E-state index contributed by atoms with van der Waals surface area (Å²) in [6.07, 6.45) is 0.963. The quantitative estimate of drug-likeness (QED) is 0.733. The van der Waals surface area contributed by atoms with Crippen LogP contribution >= 0.6 is 11.6 Å². The Morgan fingerprint density at radius 2 is 1.75 bits per heavy atom. The average Bonchev–Trinajstić information content (AvgIpc) is 2.55. The maximum atomic E-state index is 11.8. The van der Waals surface area contributed by atoms with Gasteiger partial charge in [0.15, 0.2) is 0 Å². The topological polar surface area (TPSA) is 50.4 Å². The molecule has 2 aromatic rings. The molecule has 0 saturated carbocycles. The third-order valence-electron chi connectivity index (χ3n) is 3.44. The summed E-state index contributed by atoms with van der Waals surface area (Å²) in [5, 5.41) is 6.35. The Balaban J connectivity index is 1.77. The minimum atomic E-state index is -0.189. The lowest BCUT2D eigenvalue weighted by molar-refractivity contribution is 0.251. The first-order valence-electron chi connectivity index (χ1n) is 8.05. The highest BCUT2D eigenvalue weighted by Gasteiger charge is 2.03. The number of halogens is 1.